The van der Waals surface area contributed by atoms with E-state index in [9.17, 15) is 0 Å². The van der Waals surface area contributed by atoms with Crippen molar-refractivity contribution in [3.63, 3.8) is 0 Å². The quantitative estimate of drug-likeness (QED) is 0.878. The fourth-order valence-electron chi connectivity index (χ4n) is 1.96. The van der Waals surface area contributed by atoms with Crippen LogP contribution in [0.1, 0.15) is 19.8 Å². The lowest BCUT2D eigenvalue weighted by molar-refractivity contribution is 0.0637. The SMILES string of the molecule is CC1CCC(CNc2c(Cl)cc(Cl)cc2Cl)O1. The second kappa shape index (κ2) is 5.66. The van der Waals surface area contributed by atoms with Gasteiger partial charge in [0.1, 0.15) is 0 Å². The monoisotopic (exact) mass is 293 g/mol. The van der Waals surface area contributed by atoms with Crippen molar-refractivity contribution in [2.75, 3.05) is 11.9 Å². The molecule has 1 aliphatic heterocycles. The average molecular weight is 295 g/mol. The maximum atomic E-state index is 6.08. The van der Waals surface area contributed by atoms with Crippen LogP contribution in [0.4, 0.5) is 5.69 Å². The first-order valence-corrected chi connectivity index (χ1v) is 6.73. The van der Waals surface area contributed by atoms with E-state index in [-0.39, 0.29) is 6.10 Å². The first kappa shape index (κ1) is 13.3. The van der Waals surface area contributed by atoms with Crippen LogP contribution < -0.4 is 5.32 Å². The number of ether oxygens (including phenoxy) is 1. The summed E-state index contributed by atoms with van der Waals surface area (Å²) in [6.45, 7) is 2.80. The number of benzene rings is 1. The number of halogens is 3. The molecule has 0 saturated carbocycles. The lowest BCUT2D eigenvalue weighted by atomic mass is 10.2. The first-order valence-electron chi connectivity index (χ1n) is 5.60. The summed E-state index contributed by atoms with van der Waals surface area (Å²) < 4.78 is 5.71. The number of hydrogen-bond donors (Lipinski definition) is 1. The summed E-state index contributed by atoms with van der Waals surface area (Å²) in [6, 6.07) is 3.35. The van der Waals surface area contributed by atoms with Crippen LogP contribution in [0.5, 0.6) is 0 Å². The zero-order valence-electron chi connectivity index (χ0n) is 9.47. The second-order valence-electron chi connectivity index (χ2n) is 4.27. The third-order valence-electron chi connectivity index (χ3n) is 2.83. The molecule has 1 heterocycles. The van der Waals surface area contributed by atoms with Crippen molar-refractivity contribution in [2.24, 2.45) is 0 Å². The highest BCUT2D eigenvalue weighted by molar-refractivity contribution is 6.41. The molecule has 5 heteroatoms. The fourth-order valence-corrected chi connectivity index (χ4v) is 2.91. The van der Waals surface area contributed by atoms with Gasteiger partial charge in [0.2, 0.25) is 0 Å². The summed E-state index contributed by atoms with van der Waals surface area (Å²) in [5.41, 5.74) is 0.723. The lowest BCUT2D eigenvalue weighted by Gasteiger charge is -2.15. The molecule has 1 aromatic carbocycles. The summed E-state index contributed by atoms with van der Waals surface area (Å²) in [5.74, 6) is 0. The van der Waals surface area contributed by atoms with E-state index < -0.39 is 0 Å². The lowest BCUT2D eigenvalue weighted by Crippen LogP contribution is -2.20. The molecule has 1 N–H and O–H groups in total. The molecule has 0 spiro atoms. The van der Waals surface area contributed by atoms with Gasteiger partial charge in [-0.05, 0) is 31.9 Å². The van der Waals surface area contributed by atoms with Crippen LogP contribution in [0.3, 0.4) is 0 Å². The normalized spacial score (nSPS) is 24.0. The predicted molar refractivity (Wildman–Crippen MR) is 73.5 cm³/mol. The Labute approximate surface area is 116 Å². The van der Waals surface area contributed by atoms with Crippen LogP contribution in [0, 0.1) is 0 Å². The van der Waals surface area contributed by atoms with Crippen LogP contribution in [0.15, 0.2) is 12.1 Å². The van der Waals surface area contributed by atoms with Gasteiger partial charge in [0, 0.05) is 11.6 Å². The minimum Gasteiger partial charge on any atom is -0.380 e. The Morgan fingerprint density at radius 1 is 1.24 bits per heavy atom. The van der Waals surface area contributed by atoms with Gasteiger partial charge in [-0.2, -0.15) is 0 Å². The molecule has 0 aliphatic carbocycles. The molecule has 1 saturated heterocycles. The molecular formula is C12H14Cl3NO. The van der Waals surface area contributed by atoms with E-state index in [1.54, 1.807) is 12.1 Å². The Kier molecular flexibility index (Phi) is 4.42. The van der Waals surface area contributed by atoms with Crippen molar-refractivity contribution < 1.29 is 4.74 Å². The zero-order chi connectivity index (χ0) is 12.4. The van der Waals surface area contributed by atoms with Crippen LogP contribution in [0.25, 0.3) is 0 Å². The molecule has 0 aromatic heterocycles. The summed E-state index contributed by atoms with van der Waals surface area (Å²) in [6.07, 6.45) is 2.75. The van der Waals surface area contributed by atoms with E-state index in [4.69, 9.17) is 39.5 Å². The molecule has 2 nitrogen and oxygen atoms in total. The van der Waals surface area contributed by atoms with Crippen LogP contribution in [-0.2, 0) is 4.74 Å². The standard InChI is InChI=1S/C12H14Cl3NO/c1-7-2-3-9(17-7)6-16-12-10(14)4-8(13)5-11(12)15/h4-5,7,9,16H,2-3,6H2,1H3. The van der Waals surface area contributed by atoms with Gasteiger partial charge in [0.05, 0.1) is 27.9 Å². The van der Waals surface area contributed by atoms with Crippen molar-refractivity contribution in [1.82, 2.24) is 0 Å². The van der Waals surface area contributed by atoms with Crippen molar-refractivity contribution in [3.05, 3.63) is 27.2 Å². The molecule has 1 fully saturated rings. The molecule has 2 unspecified atom stereocenters. The predicted octanol–water partition coefficient (Wildman–Crippen LogP) is 4.63. The molecule has 0 radical (unpaired) electrons. The average Bonchev–Trinajstić information content (AvgIpc) is 2.62. The Morgan fingerprint density at radius 3 is 2.41 bits per heavy atom. The zero-order valence-corrected chi connectivity index (χ0v) is 11.7. The van der Waals surface area contributed by atoms with Gasteiger partial charge in [-0.15, -0.1) is 0 Å². The highest BCUT2D eigenvalue weighted by atomic mass is 35.5. The topological polar surface area (TPSA) is 21.3 Å². The third kappa shape index (κ3) is 3.41. The van der Waals surface area contributed by atoms with Crippen molar-refractivity contribution in [3.8, 4) is 0 Å². The highest BCUT2D eigenvalue weighted by Gasteiger charge is 2.21. The molecule has 0 bridgehead atoms. The van der Waals surface area contributed by atoms with E-state index in [2.05, 4.69) is 12.2 Å². The van der Waals surface area contributed by atoms with Gasteiger partial charge in [-0.25, -0.2) is 0 Å². The summed E-state index contributed by atoms with van der Waals surface area (Å²) >= 11 is 18.0. The van der Waals surface area contributed by atoms with E-state index in [1.807, 2.05) is 0 Å². The van der Waals surface area contributed by atoms with Gasteiger partial charge >= 0.3 is 0 Å². The Morgan fingerprint density at radius 2 is 1.88 bits per heavy atom. The Hall–Kier alpha value is -0.150. The smallest absolute Gasteiger partial charge is 0.0751 e. The minimum absolute atomic E-state index is 0.229. The molecule has 1 aliphatic rings. The van der Waals surface area contributed by atoms with Crippen LogP contribution in [-0.4, -0.2) is 18.8 Å². The number of nitrogens with one attached hydrogen (secondary N) is 1. The number of rotatable bonds is 3. The molecule has 0 amide bonds. The molecular weight excluding hydrogens is 280 g/mol. The van der Waals surface area contributed by atoms with Crippen LogP contribution >= 0.6 is 34.8 Å². The summed E-state index contributed by atoms with van der Waals surface area (Å²) in [7, 11) is 0. The molecule has 2 atom stereocenters. The molecule has 94 valence electrons. The third-order valence-corrected chi connectivity index (χ3v) is 3.65. The van der Waals surface area contributed by atoms with Crippen molar-refractivity contribution >= 4 is 40.5 Å². The largest absolute Gasteiger partial charge is 0.380 e. The maximum Gasteiger partial charge on any atom is 0.0751 e. The summed E-state index contributed by atoms with van der Waals surface area (Å²) in [5, 5.41) is 4.83. The van der Waals surface area contributed by atoms with Crippen molar-refractivity contribution in [2.45, 2.75) is 32.0 Å². The number of hydrogen-bond acceptors (Lipinski definition) is 2. The first-order chi connectivity index (χ1) is 8.06. The fraction of sp³-hybridized carbons (Fsp3) is 0.500. The maximum absolute atomic E-state index is 6.08. The van der Waals surface area contributed by atoms with Gasteiger partial charge < -0.3 is 10.1 Å². The Bertz CT molecular complexity index is 388. The van der Waals surface area contributed by atoms with Gasteiger partial charge in [0.25, 0.3) is 0 Å². The summed E-state index contributed by atoms with van der Waals surface area (Å²) in [4.78, 5) is 0. The molecule has 2 rings (SSSR count). The van der Waals surface area contributed by atoms with Crippen LogP contribution in [0.2, 0.25) is 15.1 Å². The van der Waals surface area contributed by atoms with E-state index in [0.29, 0.717) is 27.7 Å². The molecule has 1 aromatic rings. The van der Waals surface area contributed by atoms with Gasteiger partial charge in [-0.1, -0.05) is 34.8 Å². The van der Waals surface area contributed by atoms with Crippen molar-refractivity contribution in [1.29, 1.82) is 0 Å². The van der Waals surface area contributed by atoms with E-state index >= 15 is 0 Å². The number of anilines is 1. The van der Waals surface area contributed by atoms with Gasteiger partial charge in [-0.3, -0.25) is 0 Å². The minimum atomic E-state index is 0.229. The van der Waals surface area contributed by atoms with E-state index in [1.165, 1.54) is 0 Å². The van der Waals surface area contributed by atoms with E-state index in [0.717, 1.165) is 18.5 Å². The Balaban J connectivity index is 1.99. The van der Waals surface area contributed by atoms with Gasteiger partial charge in [0.15, 0.2) is 0 Å². The highest BCUT2D eigenvalue weighted by Crippen LogP contribution is 2.34. The second-order valence-corrected chi connectivity index (χ2v) is 5.52. The molecule has 17 heavy (non-hydrogen) atoms.